The lowest BCUT2D eigenvalue weighted by Gasteiger charge is -2.32. The number of aryl methyl sites for hydroxylation is 1. The average Bonchev–Trinajstić information content (AvgIpc) is 2.74. The van der Waals surface area contributed by atoms with Crippen LogP contribution in [-0.4, -0.2) is 49.3 Å². The lowest BCUT2D eigenvalue weighted by atomic mass is 9.89. The first kappa shape index (κ1) is 20.1. The maximum Gasteiger partial charge on any atom is 0.136 e. The minimum Gasteiger partial charge on any atom is -0.506 e. The van der Waals surface area contributed by atoms with Gasteiger partial charge in [-0.2, -0.15) is 0 Å². The van der Waals surface area contributed by atoms with Crippen LogP contribution in [0.3, 0.4) is 0 Å². The molecule has 0 spiro atoms. The summed E-state index contributed by atoms with van der Waals surface area (Å²) in [6.07, 6.45) is 4.50. The van der Waals surface area contributed by atoms with Crippen LogP contribution in [0.1, 0.15) is 24.8 Å². The van der Waals surface area contributed by atoms with Crippen molar-refractivity contribution >= 4 is 11.6 Å². The number of benzene rings is 1. The van der Waals surface area contributed by atoms with E-state index in [1.54, 1.807) is 13.2 Å². The summed E-state index contributed by atoms with van der Waals surface area (Å²) in [5, 5.41) is 9.35. The van der Waals surface area contributed by atoms with Crippen LogP contribution in [0, 0.1) is 5.92 Å². The normalized spacial score (nSPS) is 14.8. The standard InChI is InChI=1S/C22H28N2O4/c1-27-14-15-28-20-6-2-17(3-7-20)4-8-21(26)18-10-12-24(13-11-18)22-9-5-19(25)16-23-22/h2-3,5-7,9,16,18,25H,4,8,10-15H2,1H3. The molecule has 2 aromatic rings. The molecule has 1 saturated heterocycles. The van der Waals surface area contributed by atoms with Gasteiger partial charge in [-0.3, -0.25) is 4.79 Å². The SMILES string of the molecule is COCCOc1ccc(CCC(=O)C2CCN(c3ccc(O)cn3)CC2)cc1. The maximum absolute atomic E-state index is 12.6. The van der Waals surface area contributed by atoms with E-state index >= 15 is 0 Å². The quantitative estimate of drug-likeness (QED) is 0.669. The Morgan fingerprint density at radius 3 is 2.54 bits per heavy atom. The van der Waals surface area contributed by atoms with Crippen LogP contribution in [-0.2, 0) is 16.0 Å². The number of Topliss-reactive ketones (excluding diaryl/α,β-unsaturated/α-hetero) is 1. The van der Waals surface area contributed by atoms with Crippen LogP contribution in [0.2, 0.25) is 0 Å². The van der Waals surface area contributed by atoms with E-state index in [1.807, 2.05) is 30.3 Å². The fraction of sp³-hybridized carbons (Fsp3) is 0.455. The number of aromatic nitrogens is 1. The van der Waals surface area contributed by atoms with E-state index in [9.17, 15) is 9.90 Å². The van der Waals surface area contributed by atoms with Gasteiger partial charge < -0.3 is 19.5 Å². The van der Waals surface area contributed by atoms with Crippen LogP contribution in [0.25, 0.3) is 0 Å². The third-order valence-corrected chi connectivity index (χ3v) is 5.15. The van der Waals surface area contributed by atoms with E-state index in [4.69, 9.17) is 9.47 Å². The summed E-state index contributed by atoms with van der Waals surface area (Å²) in [6, 6.07) is 11.4. The van der Waals surface area contributed by atoms with Gasteiger partial charge in [-0.25, -0.2) is 4.98 Å². The lowest BCUT2D eigenvalue weighted by molar-refractivity contribution is -0.123. The van der Waals surface area contributed by atoms with Crippen molar-refractivity contribution in [3.8, 4) is 11.5 Å². The van der Waals surface area contributed by atoms with E-state index < -0.39 is 0 Å². The number of pyridine rings is 1. The van der Waals surface area contributed by atoms with Gasteiger partial charge in [0.25, 0.3) is 0 Å². The lowest BCUT2D eigenvalue weighted by Crippen LogP contribution is -2.36. The molecule has 150 valence electrons. The van der Waals surface area contributed by atoms with E-state index in [-0.39, 0.29) is 11.7 Å². The van der Waals surface area contributed by atoms with Gasteiger partial charge in [0.05, 0.1) is 12.8 Å². The van der Waals surface area contributed by atoms with Crippen molar-refractivity contribution in [2.45, 2.75) is 25.7 Å². The number of aromatic hydroxyl groups is 1. The van der Waals surface area contributed by atoms with Gasteiger partial charge in [0.15, 0.2) is 0 Å². The zero-order valence-electron chi connectivity index (χ0n) is 16.3. The fourth-order valence-electron chi connectivity index (χ4n) is 3.46. The summed E-state index contributed by atoms with van der Waals surface area (Å²) in [5.41, 5.74) is 1.15. The monoisotopic (exact) mass is 384 g/mol. The predicted molar refractivity (Wildman–Crippen MR) is 108 cm³/mol. The second kappa shape index (κ2) is 10.1. The molecule has 0 bridgehead atoms. The Balaban J connectivity index is 1.41. The van der Waals surface area contributed by atoms with Crippen LogP contribution in [0.5, 0.6) is 11.5 Å². The van der Waals surface area contributed by atoms with Crippen molar-refractivity contribution in [1.29, 1.82) is 0 Å². The number of piperidine rings is 1. The Morgan fingerprint density at radius 2 is 1.89 bits per heavy atom. The largest absolute Gasteiger partial charge is 0.506 e. The predicted octanol–water partition coefficient (Wildman–Crippen LogP) is 3.23. The highest BCUT2D eigenvalue weighted by Crippen LogP contribution is 2.25. The molecule has 28 heavy (non-hydrogen) atoms. The van der Waals surface area contributed by atoms with Gasteiger partial charge in [0.1, 0.15) is 29.7 Å². The molecular formula is C22H28N2O4. The Morgan fingerprint density at radius 1 is 1.14 bits per heavy atom. The van der Waals surface area contributed by atoms with Crippen LogP contribution in [0.15, 0.2) is 42.6 Å². The third-order valence-electron chi connectivity index (χ3n) is 5.15. The first-order valence-corrected chi connectivity index (χ1v) is 9.79. The number of methoxy groups -OCH3 is 1. The van der Waals surface area contributed by atoms with Gasteiger partial charge in [0.2, 0.25) is 0 Å². The summed E-state index contributed by atoms with van der Waals surface area (Å²) in [5.74, 6) is 2.32. The molecule has 1 aromatic heterocycles. The number of anilines is 1. The number of ether oxygens (including phenoxy) is 2. The van der Waals surface area contributed by atoms with Gasteiger partial charge in [-0.1, -0.05) is 12.1 Å². The van der Waals surface area contributed by atoms with Crippen molar-refractivity contribution in [2.75, 3.05) is 38.3 Å². The Hall–Kier alpha value is -2.60. The summed E-state index contributed by atoms with van der Waals surface area (Å²) in [6.45, 7) is 2.74. The molecule has 1 N–H and O–H groups in total. The second-order valence-electron chi connectivity index (χ2n) is 7.09. The molecule has 0 aliphatic carbocycles. The zero-order valence-corrected chi connectivity index (χ0v) is 16.3. The van der Waals surface area contributed by atoms with Crippen molar-refractivity contribution in [1.82, 2.24) is 4.98 Å². The molecule has 0 atom stereocenters. The van der Waals surface area contributed by atoms with Crippen molar-refractivity contribution in [3.05, 3.63) is 48.2 Å². The molecule has 0 amide bonds. The summed E-state index contributed by atoms with van der Waals surface area (Å²) in [4.78, 5) is 19.0. The van der Waals surface area contributed by atoms with Gasteiger partial charge in [-0.05, 0) is 49.1 Å². The molecule has 3 rings (SSSR count). The highest BCUT2D eigenvalue weighted by atomic mass is 16.5. The molecule has 1 aliphatic heterocycles. The van der Waals surface area contributed by atoms with E-state index in [0.717, 1.165) is 49.5 Å². The first-order valence-electron chi connectivity index (χ1n) is 9.79. The molecule has 0 unspecified atom stereocenters. The van der Waals surface area contributed by atoms with E-state index in [1.165, 1.54) is 6.20 Å². The molecule has 1 aromatic carbocycles. The topological polar surface area (TPSA) is 71.9 Å². The van der Waals surface area contributed by atoms with Gasteiger partial charge in [0, 0.05) is 32.5 Å². The third kappa shape index (κ3) is 5.70. The molecule has 0 saturated carbocycles. The molecular weight excluding hydrogens is 356 g/mol. The fourth-order valence-corrected chi connectivity index (χ4v) is 3.46. The number of hydrogen-bond donors (Lipinski definition) is 1. The Bertz CT molecular complexity index is 738. The molecule has 6 nitrogen and oxygen atoms in total. The van der Waals surface area contributed by atoms with Crippen LogP contribution >= 0.6 is 0 Å². The molecule has 0 radical (unpaired) electrons. The summed E-state index contributed by atoms with van der Waals surface area (Å²) < 4.78 is 10.5. The minimum atomic E-state index is 0.130. The van der Waals surface area contributed by atoms with E-state index in [0.29, 0.717) is 25.4 Å². The summed E-state index contributed by atoms with van der Waals surface area (Å²) in [7, 11) is 1.65. The van der Waals surface area contributed by atoms with Crippen LogP contribution in [0.4, 0.5) is 5.82 Å². The zero-order chi connectivity index (χ0) is 19.8. The first-order chi connectivity index (χ1) is 13.7. The summed E-state index contributed by atoms with van der Waals surface area (Å²) >= 11 is 0. The number of ketones is 1. The van der Waals surface area contributed by atoms with Crippen molar-refractivity contribution < 1.29 is 19.4 Å². The molecule has 1 fully saturated rings. The number of carbonyl (C=O) groups is 1. The maximum atomic E-state index is 12.6. The average molecular weight is 384 g/mol. The minimum absolute atomic E-state index is 0.130. The number of nitrogens with zero attached hydrogens (tertiary/aromatic N) is 2. The second-order valence-corrected chi connectivity index (χ2v) is 7.09. The number of rotatable bonds is 9. The van der Waals surface area contributed by atoms with Crippen LogP contribution < -0.4 is 9.64 Å². The van der Waals surface area contributed by atoms with Gasteiger partial charge >= 0.3 is 0 Å². The highest BCUT2D eigenvalue weighted by molar-refractivity contribution is 5.81. The Labute approximate surface area is 166 Å². The Kier molecular flexibility index (Phi) is 7.25. The molecule has 1 aliphatic rings. The smallest absolute Gasteiger partial charge is 0.136 e. The molecule has 6 heteroatoms. The number of hydrogen-bond acceptors (Lipinski definition) is 6. The van der Waals surface area contributed by atoms with E-state index in [2.05, 4.69) is 9.88 Å². The number of carbonyl (C=O) groups excluding carboxylic acids is 1. The van der Waals surface area contributed by atoms with Crippen molar-refractivity contribution in [3.63, 3.8) is 0 Å². The van der Waals surface area contributed by atoms with Crippen molar-refractivity contribution in [2.24, 2.45) is 5.92 Å². The molecule has 2 heterocycles. The highest BCUT2D eigenvalue weighted by Gasteiger charge is 2.25. The van der Waals surface area contributed by atoms with Gasteiger partial charge in [-0.15, -0.1) is 0 Å².